The van der Waals surface area contributed by atoms with Gasteiger partial charge in [0.25, 0.3) is 0 Å². The molecule has 0 nitrogen and oxygen atoms in total. The molecule has 0 spiro atoms. The molecular weight excluding hydrogens is 211 g/mol. The Morgan fingerprint density at radius 1 is 0.688 bits per heavy atom. The average Bonchev–Trinajstić information content (AvgIpc) is 2.30. The van der Waals surface area contributed by atoms with Crippen LogP contribution in [0.5, 0.6) is 0 Å². The van der Waals surface area contributed by atoms with Crippen LogP contribution in [0.15, 0.2) is 48.5 Å². The van der Waals surface area contributed by atoms with Gasteiger partial charge in [0.1, 0.15) is 0 Å². The fourth-order valence-electron chi connectivity index (χ4n) is 1.70. The SMILES string of the molecule is Cc1ccc(-c2ccc(P(C)C)cc2)cc1. The highest BCUT2D eigenvalue weighted by Crippen LogP contribution is 2.25. The van der Waals surface area contributed by atoms with Crippen LogP contribution in [0.2, 0.25) is 0 Å². The summed E-state index contributed by atoms with van der Waals surface area (Å²) in [6, 6.07) is 17.6. The molecule has 2 aromatic carbocycles. The smallest absolute Gasteiger partial charge is 0.0184 e. The van der Waals surface area contributed by atoms with Crippen molar-refractivity contribution < 1.29 is 0 Å². The van der Waals surface area contributed by atoms with Gasteiger partial charge in [-0.15, -0.1) is 0 Å². The Bertz CT molecular complexity index is 452. The van der Waals surface area contributed by atoms with Gasteiger partial charge in [-0.1, -0.05) is 62.0 Å². The summed E-state index contributed by atoms with van der Waals surface area (Å²) in [6.07, 6.45) is 0. The Morgan fingerprint density at radius 2 is 1.12 bits per heavy atom. The first kappa shape index (κ1) is 11.4. The van der Waals surface area contributed by atoms with Crippen LogP contribution in [0.1, 0.15) is 5.56 Å². The molecule has 16 heavy (non-hydrogen) atoms. The van der Waals surface area contributed by atoms with Crippen LogP contribution in [-0.2, 0) is 0 Å². The van der Waals surface area contributed by atoms with Gasteiger partial charge in [0.2, 0.25) is 0 Å². The lowest BCUT2D eigenvalue weighted by molar-refractivity contribution is 1.47. The zero-order valence-electron chi connectivity index (χ0n) is 10.1. The van der Waals surface area contributed by atoms with E-state index in [9.17, 15) is 0 Å². The van der Waals surface area contributed by atoms with Gasteiger partial charge >= 0.3 is 0 Å². The molecule has 82 valence electrons. The van der Waals surface area contributed by atoms with Crippen molar-refractivity contribution in [3.8, 4) is 11.1 Å². The Hall–Kier alpha value is -1.13. The molecule has 0 saturated carbocycles. The van der Waals surface area contributed by atoms with Gasteiger partial charge in [0.15, 0.2) is 0 Å². The summed E-state index contributed by atoms with van der Waals surface area (Å²) in [5.41, 5.74) is 3.92. The molecule has 2 rings (SSSR count). The Kier molecular flexibility index (Phi) is 3.41. The molecule has 0 aliphatic heterocycles. The lowest BCUT2D eigenvalue weighted by atomic mass is 10.0. The summed E-state index contributed by atoms with van der Waals surface area (Å²) in [6.45, 7) is 6.70. The second-order valence-electron chi connectivity index (χ2n) is 4.31. The molecule has 1 heteroatoms. The summed E-state index contributed by atoms with van der Waals surface area (Å²) < 4.78 is 0. The van der Waals surface area contributed by atoms with Gasteiger partial charge < -0.3 is 0 Å². The first-order valence-electron chi connectivity index (χ1n) is 5.51. The Balaban J connectivity index is 2.31. The van der Waals surface area contributed by atoms with Crippen LogP contribution in [0.4, 0.5) is 0 Å². The van der Waals surface area contributed by atoms with E-state index in [-0.39, 0.29) is 7.92 Å². The second kappa shape index (κ2) is 4.80. The monoisotopic (exact) mass is 228 g/mol. The van der Waals surface area contributed by atoms with Crippen LogP contribution in [0.3, 0.4) is 0 Å². The van der Waals surface area contributed by atoms with Crippen molar-refractivity contribution in [3.63, 3.8) is 0 Å². The molecule has 0 radical (unpaired) electrons. The predicted molar refractivity (Wildman–Crippen MR) is 75.0 cm³/mol. The third kappa shape index (κ3) is 2.51. The van der Waals surface area contributed by atoms with E-state index < -0.39 is 0 Å². The quantitative estimate of drug-likeness (QED) is 0.681. The number of benzene rings is 2. The lowest BCUT2D eigenvalue weighted by Gasteiger charge is -2.07. The normalized spacial score (nSPS) is 10.8. The predicted octanol–water partition coefficient (Wildman–Crippen LogP) is 4.03. The molecule has 0 heterocycles. The number of hydrogen-bond donors (Lipinski definition) is 0. The minimum absolute atomic E-state index is 0.0180. The lowest BCUT2D eigenvalue weighted by Crippen LogP contribution is -1.97. The minimum Gasteiger partial charge on any atom is -0.0817 e. The molecule has 0 saturated heterocycles. The molecule has 0 amide bonds. The van der Waals surface area contributed by atoms with Crippen LogP contribution >= 0.6 is 7.92 Å². The fourth-order valence-corrected chi connectivity index (χ4v) is 2.44. The summed E-state index contributed by atoms with van der Waals surface area (Å²) in [7, 11) is 0.0180. The maximum absolute atomic E-state index is 2.29. The molecule has 0 N–H and O–H groups in total. The van der Waals surface area contributed by atoms with E-state index in [1.807, 2.05) is 0 Å². The van der Waals surface area contributed by atoms with Crippen LogP contribution in [0, 0.1) is 6.92 Å². The molecule has 0 unspecified atom stereocenters. The first-order valence-corrected chi connectivity index (χ1v) is 7.75. The zero-order valence-corrected chi connectivity index (χ0v) is 11.0. The average molecular weight is 228 g/mol. The molecule has 2 aromatic rings. The van der Waals surface area contributed by atoms with Crippen LogP contribution in [0.25, 0.3) is 11.1 Å². The van der Waals surface area contributed by atoms with Crippen molar-refractivity contribution >= 4 is 13.2 Å². The van der Waals surface area contributed by atoms with E-state index in [1.165, 1.54) is 22.0 Å². The van der Waals surface area contributed by atoms with Gasteiger partial charge in [0, 0.05) is 0 Å². The molecule has 0 atom stereocenters. The molecule has 0 bridgehead atoms. The van der Waals surface area contributed by atoms with Gasteiger partial charge in [-0.05, 0) is 36.7 Å². The van der Waals surface area contributed by atoms with E-state index in [4.69, 9.17) is 0 Å². The highest BCUT2D eigenvalue weighted by atomic mass is 31.1. The van der Waals surface area contributed by atoms with Gasteiger partial charge in [-0.25, -0.2) is 0 Å². The number of hydrogen-bond acceptors (Lipinski definition) is 0. The molecule has 0 aliphatic rings. The van der Waals surface area contributed by atoms with E-state index in [2.05, 4.69) is 68.8 Å². The highest BCUT2D eigenvalue weighted by molar-refractivity contribution is 7.64. The van der Waals surface area contributed by atoms with E-state index in [0.717, 1.165) is 0 Å². The van der Waals surface area contributed by atoms with Gasteiger partial charge in [-0.3, -0.25) is 0 Å². The fraction of sp³-hybridized carbons (Fsp3) is 0.200. The van der Waals surface area contributed by atoms with E-state index in [1.54, 1.807) is 0 Å². The second-order valence-corrected chi connectivity index (χ2v) is 6.61. The Morgan fingerprint density at radius 3 is 1.56 bits per heavy atom. The highest BCUT2D eigenvalue weighted by Gasteiger charge is 2.00. The number of aryl methyl sites for hydroxylation is 1. The van der Waals surface area contributed by atoms with Gasteiger partial charge in [0.05, 0.1) is 0 Å². The van der Waals surface area contributed by atoms with Crippen molar-refractivity contribution in [1.82, 2.24) is 0 Å². The summed E-state index contributed by atoms with van der Waals surface area (Å²) >= 11 is 0. The van der Waals surface area contributed by atoms with Crippen LogP contribution < -0.4 is 5.30 Å². The van der Waals surface area contributed by atoms with Crippen molar-refractivity contribution in [1.29, 1.82) is 0 Å². The summed E-state index contributed by atoms with van der Waals surface area (Å²) in [5.74, 6) is 0. The van der Waals surface area contributed by atoms with Crippen molar-refractivity contribution in [3.05, 3.63) is 54.1 Å². The maximum Gasteiger partial charge on any atom is -0.0184 e. The minimum atomic E-state index is 0.0180. The largest absolute Gasteiger partial charge is 0.0817 e. The van der Waals surface area contributed by atoms with Gasteiger partial charge in [-0.2, -0.15) is 0 Å². The third-order valence-electron chi connectivity index (χ3n) is 2.77. The molecule has 0 aromatic heterocycles. The van der Waals surface area contributed by atoms with Crippen molar-refractivity contribution in [2.45, 2.75) is 6.92 Å². The zero-order chi connectivity index (χ0) is 11.5. The van der Waals surface area contributed by atoms with E-state index >= 15 is 0 Å². The topological polar surface area (TPSA) is 0 Å². The summed E-state index contributed by atoms with van der Waals surface area (Å²) in [4.78, 5) is 0. The number of rotatable bonds is 2. The Labute approximate surface area is 99.1 Å². The summed E-state index contributed by atoms with van der Waals surface area (Å²) in [5, 5.41) is 1.46. The van der Waals surface area contributed by atoms with Crippen molar-refractivity contribution in [2.75, 3.05) is 13.3 Å². The van der Waals surface area contributed by atoms with E-state index in [0.29, 0.717) is 0 Å². The molecule has 0 aliphatic carbocycles. The molecule has 0 fully saturated rings. The first-order chi connectivity index (χ1) is 7.66. The van der Waals surface area contributed by atoms with Crippen molar-refractivity contribution in [2.24, 2.45) is 0 Å². The van der Waals surface area contributed by atoms with Crippen LogP contribution in [-0.4, -0.2) is 13.3 Å². The molecular formula is C15H17P. The standard InChI is InChI=1S/C15H17P/c1-12-4-6-13(7-5-12)14-8-10-15(11-9-14)16(2)3/h4-11H,1-3H3. The third-order valence-corrected chi connectivity index (χ3v) is 4.10. The maximum atomic E-state index is 2.29.